The van der Waals surface area contributed by atoms with Crippen LogP contribution < -0.4 is 5.32 Å². The fourth-order valence-electron chi connectivity index (χ4n) is 5.56. The molecular formula is C18H28FNO4. The first-order valence-corrected chi connectivity index (χ1v) is 8.80. The smallest absolute Gasteiger partial charge is 0.408 e. The van der Waals surface area contributed by atoms with Gasteiger partial charge in [-0.2, -0.15) is 0 Å². The normalized spacial score (nSPS) is 38.5. The molecule has 136 valence electrons. The minimum absolute atomic E-state index is 0.295. The zero-order valence-electron chi connectivity index (χ0n) is 15.0. The number of amides is 1. The maximum atomic E-state index is 15.2. The molecule has 5 nitrogen and oxygen atoms in total. The van der Waals surface area contributed by atoms with E-state index < -0.39 is 34.8 Å². The van der Waals surface area contributed by atoms with Crippen LogP contribution in [-0.4, -0.2) is 36.5 Å². The van der Waals surface area contributed by atoms with Gasteiger partial charge in [-0.3, -0.25) is 0 Å². The van der Waals surface area contributed by atoms with Crippen LogP contribution in [-0.2, 0) is 14.3 Å². The number of esters is 1. The molecular weight excluding hydrogens is 313 g/mol. The van der Waals surface area contributed by atoms with Gasteiger partial charge in [-0.05, 0) is 71.1 Å². The molecule has 1 N–H and O–H groups in total. The van der Waals surface area contributed by atoms with E-state index in [2.05, 4.69) is 5.32 Å². The van der Waals surface area contributed by atoms with Gasteiger partial charge < -0.3 is 14.8 Å². The summed E-state index contributed by atoms with van der Waals surface area (Å²) in [5.41, 5.74) is -2.41. The molecule has 4 bridgehead atoms. The third kappa shape index (κ3) is 3.24. The Kier molecular flexibility index (Phi) is 4.08. The first kappa shape index (κ1) is 17.5. The second-order valence-corrected chi connectivity index (χ2v) is 9.08. The van der Waals surface area contributed by atoms with Crippen molar-refractivity contribution in [2.75, 3.05) is 7.11 Å². The summed E-state index contributed by atoms with van der Waals surface area (Å²) < 4.78 is 25.4. The molecule has 0 aromatic heterocycles. The van der Waals surface area contributed by atoms with E-state index in [9.17, 15) is 9.59 Å². The third-order valence-corrected chi connectivity index (χ3v) is 5.75. The van der Waals surface area contributed by atoms with Gasteiger partial charge in [-0.25, -0.2) is 14.0 Å². The molecule has 3 atom stereocenters. The first-order valence-electron chi connectivity index (χ1n) is 8.80. The van der Waals surface area contributed by atoms with Crippen LogP contribution in [0.5, 0.6) is 0 Å². The van der Waals surface area contributed by atoms with E-state index in [0.29, 0.717) is 31.1 Å². The van der Waals surface area contributed by atoms with Crippen molar-refractivity contribution in [3.63, 3.8) is 0 Å². The lowest BCUT2D eigenvalue weighted by atomic mass is 9.46. The highest BCUT2D eigenvalue weighted by Gasteiger charge is 2.62. The molecule has 4 aliphatic rings. The average molecular weight is 341 g/mol. The van der Waals surface area contributed by atoms with Crippen molar-refractivity contribution in [3.05, 3.63) is 0 Å². The zero-order valence-corrected chi connectivity index (χ0v) is 15.0. The van der Waals surface area contributed by atoms with Crippen molar-refractivity contribution in [3.8, 4) is 0 Å². The van der Waals surface area contributed by atoms with Crippen molar-refractivity contribution in [2.45, 2.75) is 76.6 Å². The second-order valence-electron chi connectivity index (χ2n) is 9.08. The lowest BCUT2D eigenvalue weighted by Gasteiger charge is -2.60. The quantitative estimate of drug-likeness (QED) is 0.800. The van der Waals surface area contributed by atoms with Gasteiger partial charge in [0.15, 0.2) is 0 Å². The standard InChI is InChI=1S/C18H28FNO4/c1-16(2,3)24-15(22)20-13(14(21)23-4)17-6-11-5-12(7-17)9-18(19,8-11)10-17/h11-13H,5-10H2,1-4H3,(H,20,22). The molecule has 4 rings (SSSR count). The summed E-state index contributed by atoms with van der Waals surface area (Å²) in [4.78, 5) is 24.6. The van der Waals surface area contributed by atoms with Crippen molar-refractivity contribution < 1.29 is 23.5 Å². The third-order valence-electron chi connectivity index (χ3n) is 5.75. The number of ether oxygens (including phenoxy) is 2. The van der Waals surface area contributed by atoms with E-state index in [4.69, 9.17) is 9.47 Å². The lowest BCUT2D eigenvalue weighted by molar-refractivity contribution is -0.165. The van der Waals surface area contributed by atoms with Crippen LogP contribution >= 0.6 is 0 Å². The number of alkyl carbamates (subject to hydrolysis) is 1. The molecule has 6 heteroatoms. The van der Waals surface area contributed by atoms with E-state index in [-0.39, 0.29) is 0 Å². The van der Waals surface area contributed by atoms with Gasteiger partial charge in [0.25, 0.3) is 0 Å². The largest absolute Gasteiger partial charge is 0.467 e. The minimum atomic E-state index is -1.20. The molecule has 0 spiro atoms. The maximum absolute atomic E-state index is 15.2. The van der Waals surface area contributed by atoms with Gasteiger partial charge in [0, 0.05) is 5.41 Å². The molecule has 4 fully saturated rings. The van der Waals surface area contributed by atoms with E-state index in [1.807, 2.05) is 0 Å². The number of alkyl halides is 1. The van der Waals surface area contributed by atoms with E-state index in [1.165, 1.54) is 7.11 Å². The molecule has 1 amide bonds. The number of rotatable bonds is 3. The minimum Gasteiger partial charge on any atom is -0.467 e. The predicted molar refractivity (Wildman–Crippen MR) is 86.1 cm³/mol. The molecule has 3 unspecified atom stereocenters. The summed E-state index contributed by atoms with van der Waals surface area (Å²) in [6, 6.07) is -0.849. The average Bonchev–Trinajstić information content (AvgIpc) is 2.39. The first-order chi connectivity index (χ1) is 11.0. The number of nitrogens with one attached hydrogen (secondary N) is 1. The summed E-state index contributed by atoms with van der Waals surface area (Å²) in [7, 11) is 1.30. The highest BCUT2D eigenvalue weighted by atomic mass is 19.1. The van der Waals surface area contributed by atoms with Crippen LogP contribution in [0, 0.1) is 17.3 Å². The number of carbonyl (C=O) groups excluding carboxylic acids is 2. The summed E-state index contributed by atoms with van der Waals surface area (Å²) in [5, 5.41) is 2.70. The molecule has 0 aliphatic heterocycles. The maximum Gasteiger partial charge on any atom is 0.408 e. The predicted octanol–water partition coefficient (Wildman–Crippen LogP) is 3.36. The summed E-state index contributed by atoms with van der Waals surface area (Å²) in [5.74, 6) is 0.0825. The van der Waals surface area contributed by atoms with Crippen molar-refractivity contribution in [1.29, 1.82) is 0 Å². The molecule has 0 aromatic rings. The topological polar surface area (TPSA) is 64.6 Å². The zero-order chi connectivity index (χ0) is 17.8. The Hall–Kier alpha value is -1.33. The number of carbonyl (C=O) groups is 2. The van der Waals surface area contributed by atoms with Gasteiger partial charge in [-0.1, -0.05) is 0 Å². The second kappa shape index (κ2) is 5.60. The Balaban J connectivity index is 1.84. The van der Waals surface area contributed by atoms with Gasteiger partial charge in [0.05, 0.1) is 7.11 Å². The number of methoxy groups -OCH3 is 1. The number of hydrogen-bond donors (Lipinski definition) is 1. The Bertz CT molecular complexity index is 528. The van der Waals surface area contributed by atoms with Crippen LogP contribution in [0.2, 0.25) is 0 Å². The van der Waals surface area contributed by atoms with Crippen LogP contribution in [0.1, 0.15) is 59.3 Å². The number of halogens is 1. The summed E-state index contributed by atoms with van der Waals surface area (Å²) >= 11 is 0. The van der Waals surface area contributed by atoms with E-state index >= 15 is 4.39 Å². The molecule has 4 saturated carbocycles. The summed E-state index contributed by atoms with van der Waals surface area (Å²) in [6.45, 7) is 5.29. The van der Waals surface area contributed by atoms with Crippen LogP contribution in [0.15, 0.2) is 0 Å². The summed E-state index contributed by atoms with van der Waals surface area (Å²) in [6.07, 6.45) is 3.42. The van der Waals surface area contributed by atoms with Gasteiger partial charge in [0.1, 0.15) is 17.3 Å². The SMILES string of the molecule is COC(=O)C(NC(=O)OC(C)(C)C)C12CC3CC(CC(F)(C3)C1)C2. The highest BCUT2D eigenvalue weighted by molar-refractivity contribution is 5.82. The van der Waals surface area contributed by atoms with Crippen LogP contribution in [0.3, 0.4) is 0 Å². The Morgan fingerprint density at radius 3 is 2.21 bits per heavy atom. The highest BCUT2D eigenvalue weighted by Crippen LogP contribution is 2.64. The fourth-order valence-corrected chi connectivity index (χ4v) is 5.56. The van der Waals surface area contributed by atoms with Gasteiger partial charge in [0.2, 0.25) is 0 Å². The van der Waals surface area contributed by atoms with Crippen molar-refractivity contribution >= 4 is 12.1 Å². The van der Waals surface area contributed by atoms with Gasteiger partial charge in [-0.15, -0.1) is 0 Å². The molecule has 24 heavy (non-hydrogen) atoms. The lowest BCUT2D eigenvalue weighted by Crippen LogP contribution is -2.63. The Morgan fingerprint density at radius 2 is 1.75 bits per heavy atom. The molecule has 0 radical (unpaired) electrons. The molecule has 0 heterocycles. The van der Waals surface area contributed by atoms with Crippen LogP contribution in [0.25, 0.3) is 0 Å². The Morgan fingerprint density at radius 1 is 1.17 bits per heavy atom. The Labute approximate surface area is 142 Å². The van der Waals surface area contributed by atoms with Crippen LogP contribution in [0.4, 0.5) is 9.18 Å². The monoisotopic (exact) mass is 341 g/mol. The van der Waals surface area contributed by atoms with Gasteiger partial charge >= 0.3 is 12.1 Å². The van der Waals surface area contributed by atoms with E-state index in [0.717, 1.165) is 19.3 Å². The van der Waals surface area contributed by atoms with E-state index in [1.54, 1.807) is 20.8 Å². The fraction of sp³-hybridized carbons (Fsp3) is 0.889. The van der Waals surface area contributed by atoms with Crippen molar-refractivity contribution in [1.82, 2.24) is 5.32 Å². The molecule has 0 saturated heterocycles. The molecule has 0 aromatic carbocycles. The van der Waals surface area contributed by atoms with Crippen molar-refractivity contribution in [2.24, 2.45) is 17.3 Å². The number of hydrogen-bond acceptors (Lipinski definition) is 4. The molecule has 4 aliphatic carbocycles.